The molecule has 0 fully saturated rings. The number of rotatable bonds is 3. The van der Waals surface area contributed by atoms with E-state index in [0.29, 0.717) is 5.71 Å². The Labute approximate surface area is 101 Å². The van der Waals surface area contributed by atoms with E-state index in [1.54, 1.807) is 28.1 Å². The first kappa shape index (κ1) is 13.0. The van der Waals surface area contributed by atoms with Gasteiger partial charge >= 0.3 is 6.09 Å². The lowest BCUT2D eigenvalue weighted by molar-refractivity contribution is 0.122. The van der Waals surface area contributed by atoms with E-state index in [0.717, 1.165) is 11.3 Å². The first-order valence-electron chi connectivity index (χ1n) is 5.12. The number of hydrogen-bond acceptors (Lipinski definition) is 4. The van der Waals surface area contributed by atoms with Gasteiger partial charge in [-0.15, -0.1) is 0 Å². The Hall–Kier alpha value is -2.04. The second-order valence-electron chi connectivity index (χ2n) is 3.66. The summed E-state index contributed by atoms with van der Waals surface area (Å²) in [4.78, 5) is 17.2. The van der Waals surface area contributed by atoms with Crippen molar-refractivity contribution < 1.29 is 14.4 Å². The van der Waals surface area contributed by atoms with Crippen LogP contribution in [0.4, 0.5) is 4.79 Å². The number of carbonyl (C=O) groups is 1. The summed E-state index contributed by atoms with van der Waals surface area (Å²) < 4.78 is 5.10. The van der Waals surface area contributed by atoms with Gasteiger partial charge in [0.1, 0.15) is 5.75 Å². The van der Waals surface area contributed by atoms with Crippen LogP contribution in [0, 0.1) is 0 Å². The maximum atomic E-state index is 11.2. The van der Waals surface area contributed by atoms with Crippen LogP contribution in [-0.2, 0) is 4.84 Å². The highest BCUT2D eigenvalue weighted by Gasteiger charge is 2.05. The number of hydrogen-bond donors (Lipinski definition) is 0. The van der Waals surface area contributed by atoms with Crippen LogP contribution in [0.15, 0.2) is 29.4 Å². The van der Waals surface area contributed by atoms with Crippen LogP contribution in [0.3, 0.4) is 0 Å². The second kappa shape index (κ2) is 5.89. The van der Waals surface area contributed by atoms with Gasteiger partial charge in [-0.3, -0.25) is 4.84 Å². The van der Waals surface area contributed by atoms with Gasteiger partial charge in [-0.25, -0.2) is 4.79 Å². The van der Waals surface area contributed by atoms with Crippen molar-refractivity contribution >= 4 is 11.8 Å². The Kier molecular flexibility index (Phi) is 4.51. The summed E-state index contributed by atoms with van der Waals surface area (Å²) in [6, 6.07) is 7.37. The number of ether oxygens (including phenoxy) is 1. The second-order valence-corrected chi connectivity index (χ2v) is 3.66. The molecule has 5 nitrogen and oxygen atoms in total. The minimum atomic E-state index is -0.507. The molecule has 0 aromatic heterocycles. The molecule has 0 saturated carbocycles. The summed E-state index contributed by atoms with van der Waals surface area (Å²) in [5.41, 5.74) is 1.45. The van der Waals surface area contributed by atoms with E-state index in [-0.39, 0.29) is 0 Å². The van der Waals surface area contributed by atoms with Gasteiger partial charge in [0, 0.05) is 19.7 Å². The minimum absolute atomic E-state index is 0.507. The van der Waals surface area contributed by atoms with E-state index in [9.17, 15) is 4.79 Å². The Morgan fingerprint density at radius 1 is 1.35 bits per heavy atom. The highest BCUT2D eigenvalue weighted by molar-refractivity contribution is 5.98. The quantitative estimate of drug-likeness (QED) is 0.459. The first-order chi connectivity index (χ1) is 8.04. The molecular formula is C12H16N2O3. The highest BCUT2D eigenvalue weighted by Crippen LogP contribution is 2.13. The molecule has 92 valence electrons. The SMILES string of the molecule is COc1cccc(/C(C)=N\OC(=O)N(C)C)c1. The molecule has 0 atom stereocenters. The lowest BCUT2D eigenvalue weighted by Gasteiger charge is -2.07. The average molecular weight is 236 g/mol. The van der Waals surface area contributed by atoms with Crippen molar-refractivity contribution in [1.29, 1.82) is 0 Å². The number of methoxy groups -OCH3 is 1. The van der Waals surface area contributed by atoms with Crippen LogP contribution in [0.2, 0.25) is 0 Å². The molecule has 0 radical (unpaired) electrons. The summed E-state index contributed by atoms with van der Waals surface area (Å²) in [7, 11) is 4.79. The van der Waals surface area contributed by atoms with Gasteiger partial charge in [0.25, 0.3) is 0 Å². The van der Waals surface area contributed by atoms with Crippen LogP contribution in [0.5, 0.6) is 5.75 Å². The third-order valence-corrected chi connectivity index (χ3v) is 2.11. The van der Waals surface area contributed by atoms with E-state index in [4.69, 9.17) is 9.57 Å². The zero-order valence-electron chi connectivity index (χ0n) is 10.4. The zero-order chi connectivity index (χ0) is 12.8. The van der Waals surface area contributed by atoms with Crippen LogP contribution >= 0.6 is 0 Å². The Morgan fingerprint density at radius 3 is 2.65 bits per heavy atom. The monoisotopic (exact) mass is 236 g/mol. The molecule has 0 aliphatic rings. The standard InChI is InChI=1S/C12H16N2O3/c1-9(13-17-12(15)14(2)3)10-6-5-7-11(8-10)16-4/h5-8H,1-4H3/b13-9-. The van der Waals surface area contributed by atoms with Crippen molar-refractivity contribution in [2.24, 2.45) is 5.16 Å². The van der Waals surface area contributed by atoms with Gasteiger partial charge in [-0.2, -0.15) is 0 Å². The van der Waals surface area contributed by atoms with Gasteiger partial charge in [0.05, 0.1) is 12.8 Å². The molecule has 0 aliphatic carbocycles. The van der Waals surface area contributed by atoms with Gasteiger partial charge in [0.15, 0.2) is 0 Å². The third kappa shape index (κ3) is 3.79. The molecule has 0 saturated heterocycles. The molecule has 1 aromatic carbocycles. The molecule has 0 aliphatic heterocycles. The summed E-state index contributed by atoms with van der Waals surface area (Å²) in [6.45, 7) is 1.76. The largest absolute Gasteiger partial charge is 0.497 e. The van der Waals surface area contributed by atoms with E-state index in [1.807, 2.05) is 24.3 Å². The normalized spacial score (nSPS) is 10.9. The predicted octanol–water partition coefficient (Wildman–Crippen LogP) is 2.12. The Bertz CT molecular complexity index is 428. The van der Waals surface area contributed by atoms with Crippen LogP contribution < -0.4 is 4.74 Å². The maximum Gasteiger partial charge on any atom is 0.435 e. The van der Waals surface area contributed by atoms with E-state index >= 15 is 0 Å². The van der Waals surface area contributed by atoms with E-state index in [2.05, 4.69) is 5.16 Å². The Balaban J connectivity index is 2.77. The zero-order valence-corrected chi connectivity index (χ0v) is 10.4. The molecule has 1 rings (SSSR count). The van der Waals surface area contributed by atoms with E-state index < -0.39 is 6.09 Å². The number of amides is 1. The fourth-order valence-corrected chi connectivity index (χ4v) is 1.09. The molecule has 0 N–H and O–H groups in total. The van der Waals surface area contributed by atoms with E-state index in [1.165, 1.54) is 4.90 Å². The lowest BCUT2D eigenvalue weighted by Crippen LogP contribution is -2.21. The molecule has 17 heavy (non-hydrogen) atoms. The fourth-order valence-electron chi connectivity index (χ4n) is 1.09. The first-order valence-corrected chi connectivity index (χ1v) is 5.12. The predicted molar refractivity (Wildman–Crippen MR) is 65.4 cm³/mol. The molecule has 0 spiro atoms. The minimum Gasteiger partial charge on any atom is -0.497 e. The van der Waals surface area contributed by atoms with Crippen LogP contribution in [-0.4, -0.2) is 37.9 Å². The fraction of sp³-hybridized carbons (Fsp3) is 0.333. The highest BCUT2D eigenvalue weighted by atomic mass is 16.7. The maximum absolute atomic E-state index is 11.2. The van der Waals surface area contributed by atoms with Gasteiger partial charge < -0.3 is 9.64 Å². The number of nitrogens with zero attached hydrogens (tertiary/aromatic N) is 2. The lowest BCUT2D eigenvalue weighted by atomic mass is 10.1. The molecule has 5 heteroatoms. The molecule has 1 aromatic rings. The molecule has 1 amide bonds. The van der Waals surface area contributed by atoms with Crippen LogP contribution in [0.1, 0.15) is 12.5 Å². The van der Waals surface area contributed by atoms with Crippen molar-refractivity contribution in [1.82, 2.24) is 4.90 Å². The van der Waals surface area contributed by atoms with Crippen molar-refractivity contribution in [2.75, 3.05) is 21.2 Å². The van der Waals surface area contributed by atoms with Crippen molar-refractivity contribution in [3.05, 3.63) is 29.8 Å². The molecule has 0 bridgehead atoms. The third-order valence-electron chi connectivity index (χ3n) is 2.11. The Morgan fingerprint density at radius 2 is 2.06 bits per heavy atom. The average Bonchev–Trinajstić information content (AvgIpc) is 2.35. The number of carbonyl (C=O) groups excluding carboxylic acids is 1. The number of benzene rings is 1. The van der Waals surface area contributed by atoms with Gasteiger partial charge in [-0.1, -0.05) is 17.3 Å². The molecule has 0 heterocycles. The van der Waals surface area contributed by atoms with Gasteiger partial charge in [-0.05, 0) is 19.1 Å². The molecule has 0 unspecified atom stereocenters. The van der Waals surface area contributed by atoms with Crippen molar-refractivity contribution in [3.8, 4) is 5.75 Å². The van der Waals surface area contributed by atoms with Crippen molar-refractivity contribution in [2.45, 2.75) is 6.92 Å². The van der Waals surface area contributed by atoms with Crippen molar-refractivity contribution in [3.63, 3.8) is 0 Å². The number of oxime groups is 1. The summed E-state index contributed by atoms with van der Waals surface area (Å²) >= 11 is 0. The summed E-state index contributed by atoms with van der Waals surface area (Å²) in [5, 5.41) is 3.76. The molecular weight excluding hydrogens is 220 g/mol. The smallest absolute Gasteiger partial charge is 0.435 e. The van der Waals surface area contributed by atoms with Crippen LogP contribution in [0.25, 0.3) is 0 Å². The topological polar surface area (TPSA) is 51.1 Å². The van der Waals surface area contributed by atoms with Gasteiger partial charge in [0.2, 0.25) is 0 Å². The summed E-state index contributed by atoms with van der Waals surface area (Å²) in [5.74, 6) is 0.732. The summed E-state index contributed by atoms with van der Waals surface area (Å²) in [6.07, 6.45) is -0.507.